The van der Waals surface area contributed by atoms with Gasteiger partial charge in [0, 0.05) is 4.47 Å². The molecule has 1 rings (SSSR count). The molecule has 0 amide bonds. The van der Waals surface area contributed by atoms with E-state index < -0.39 is 5.60 Å². The van der Waals surface area contributed by atoms with Crippen LogP contribution in [0.25, 0.3) is 0 Å². The summed E-state index contributed by atoms with van der Waals surface area (Å²) in [5.41, 5.74) is 0.228. The number of halogens is 1. The standard InChI is InChI=1S/C11H15BrO/c1-8(2)11(3,13)9-4-6-10(12)7-5-9/h4-8,13H,1-3H3/t11-/m0/s1. The van der Waals surface area contributed by atoms with Crippen molar-refractivity contribution in [2.45, 2.75) is 26.4 Å². The second-order valence-corrected chi connectivity index (χ2v) is 4.72. The Bertz CT molecular complexity index is 275. The van der Waals surface area contributed by atoms with Crippen LogP contribution in [0.5, 0.6) is 0 Å². The Labute approximate surface area is 87.9 Å². The average Bonchev–Trinajstić information content (AvgIpc) is 2.04. The summed E-state index contributed by atoms with van der Waals surface area (Å²) in [5, 5.41) is 10.1. The summed E-state index contributed by atoms with van der Waals surface area (Å²) in [4.78, 5) is 0. The lowest BCUT2D eigenvalue weighted by Gasteiger charge is -2.28. The van der Waals surface area contributed by atoms with Gasteiger partial charge in [0.2, 0.25) is 0 Å². The van der Waals surface area contributed by atoms with Crippen LogP contribution in [-0.4, -0.2) is 5.11 Å². The van der Waals surface area contributed by atoms with Gasteiger partial charge in [-0.3, -0.25) is 0 Å². The summed E-state index contributed by atoms with van der Waals surface area (Å²) < 4.78 is 1.04. The molecule has 0 fully saturated rings. The predicted octanol–water partition coefficient (Wildman–Crippen LogP) is 3.31. The molecular formula is C11H15BrO. The maximum absolute atomic E-state index is 10.1. The first-order valence-corrected chi connectivity index (χ1v) is 5.22. The SMILES string of the molecule is CC(C)[C@](C)(O)c1ccc(Br)cc1. The number of benzene rings is 1. The molecule has 0 saturated carbocycles. The topological polar surface area (TPSA) is 20.2 Å². The molecule has 0 heterocycles. The zero-order valence-electron chi connectivity index (χ0n) is 8.21. The molecule has 0 radical (unpaired) electrons. The Hall–Kier alpha value is -0.340. The molecule has 2 heteroatoms. The normalized spacial score (nSPS) is 15.8. The average molecular weight is 243 g/mol. The summed E-state index contributed by atoms with van der Waals surface area (Å²) in [5.74, 6) is 0.216. The maximum atomic E-state index is 10.1. The number of rotatable bonds is 2. The quantitative estimate of drug-likeness (QED) is 0.844. The van der Waals surface area contributed by atoms with Gasteiger partial charge in [-0.2, -0.15) is 0 Å². The zero-order chi connectivity index (χ0) is 10.1. The van der Waals surface area contributed by atoms with Crippen LogP contribution >= 0.6 is 15.9 Å². The fraction of sp³-hybridized carbons (Fsp3) is 0.455. The molecule has 1 aromatic carbocycles. The lowest BCUT2D eigenvalue weighted by atomic mass is 9.85. The molecule has 0 saturated heterocycles. The summed E-state index contributed by atoms with van der Waals surface area (Å²) in [6, 6.07) is 7.80. The van der Waals surface area contributed by atoms with Crippen LogP contribution in [0, 0.1) is 5.92 Å². The highest BCUT2D eigenvalue weighted by Crippen LogP contribution is 2.29. The summed E-state index contributed by atoms with van der Waals surface area (Å²) in [6.45, 7) is 5.88. The molecule has 13 heavy (non-hydrogen) atoms. The molecule has 1 N–H and O–H groups in total. The minimum atomic E-state index is -0.735. The molecule has 0 bridgehead atoms. The van der Waals surface area contributed by atoms with E-state index in [4.69, 9.17) is 0 Å². The minimum Gasteiger partial charge on any atom is -0.385 e. The van der Waals surface area contributed by atoms with Crippen molar-refractivity contribution in [2.24, 2.45) is 5.92 Å². The molecule has 1 aromatic rings. The van der Waals surface area contributed by atoms with Crippen molar-refractivity contribution in [3.63, 3.8) is 0 Å². The van der Waals surface area contributed by atoms with Crippen LogP contribution in [0.2, 0.25) is 0 Å². The van der Waals surface area contributed by atoms with Crippen LogP contribution in [0.4, 0.5) is 0 Å². The summed E-state index contributed by atoms with van der Waals surface area (Å²) >= 11 is 3.37. The van der Waals surface area contributed by atoms with Gasteiger partial charge in [0.05, 0.1) is 5.60 Å². The Balaban J connectivity index is 3.01. The monoisotopic (exact) mass is 242 g/mol. The van der Waals surface area contributed by atoms with E-state index in [1.54, 1.807) is 0 Å². The van der Waals surface area contributed by atoms with Crippen molar-refractivity contribution >= 4 is 15.9 Å². The number of aliphatic hydroxyl groups is 1. The van der Waals surface area contributed by atoms with Gasteiger partial charge in [-0.25, -0.2) is 0 Å². The van der Waals surface area contributed by atoms with E-state index in [1.807, 2.05) is 45.0 Å². The minimum absolute atomic E-state index is 0.216. The Morgan fingerprint density at radius 3 is 2.08 bits per heavy atom. The lowest BCUT2D eigenvalue weighted by molar-refractivity contribution is 0.00904. The highest BCUT2D eigenvalue weighted by molar-refractivity contribution is 9.10. The molecule has 0 aromatic heterocycles. The molecule has 1 nitrogen and oxygen atoms in total. The third-order valence-electron chi connectivity index (χ3n) is 2.55. The van der Waals surface area contributed by atoms with E-state index >= 15 is 0 Å². The first kappa shape index (κ1) is 10.7. The van der Waals surface area contributed by atoms with Crippen LogP contribution in [0.15, 0.2) is 28.7 Å². The van der Waals surface area contributed by atoms with Crippen molar-refractivity contribution in [3.8, 4) is 0 Å². The van der Waals surface area contributed by atoms with Crippen LogP contribution in [-0.2, 0) is 5.60 Å². The Morgan fingerprint density at radius 2 is 1.69 bits per heavy atom. The highest BCUT2D eigenvalue weighted by atomic mass is 79.9. The van der Waals surface area contributed by atoms with Gasteiger partial charge < -0.3 is 5.11 Å². The maximum Gasteiger partial charge on any atom is 0.0891 e. The van der Waals surface area contributed by atoms with Gasteiger partial charge in [0.1, 0.15) is 0 Å². The van der Waals surface area contributed by atoms with Gasteiger partial charge >= 0.3 is 0 Å². The van der Waals surface area contributed by atoms with Crippen LogP contribution in [0.3, 0.4) is 0 Å². The van der Waals surface area contributed by atoms with E-state index in [0.29, 0.717) is 0 Å². The van der Waals surface area contributed by atoms with Crippen LogP contribution < -0.4 is 0 Å². The lowest BCUT2D eigenvalue weighted by Crippen LogP contribution is -2.27. The van der Waals surface area contributed by atoms with Gasteiger partial charge in [-0.1, -0.05) is 41.9 Å². The highest BCUT2D eigenvalue weighted by Gasteiger charge is 2.26. The van der Waals surface area contributed by atoms with Crippen LogP contribution in [0.1, 0.15) is 26.3 Å². The first-order valence-electron chi connectivity index (χ1n) is 4.43. The molecule has 72 valence electrons. The molecule has 0 aliphatic carbocycles. The van der Waals surface area contributed by atoms with E-state index in [2.05, 4.69) is 15.9 Å². The smallest absolute Gasteiger partial charge is 0.0891 e. The van der Waals surface area contributed by atoms with Gasteiger partial charge in [-0.05, 0) is 30.5 Å². The summed E-state index contributed by atoms with van der Waals surface area (Å²) in [6.07, 6.45) is 0. The van der Waals surface area contributed by atoms with Crippen molar-refractivity contribution in [1.29, 1.82) is 0 Å². The molecule has 0 unspecified atom stereocenters. The Kier molecular flexibility index (Phi) is 3.14. The van der Waals surface area contributed by atoms with Gasteiger partial charge in [-0.15, -0.1) is 0 Å². The third kappa shape index (κ3) is 2.32. The van der Waals surface area contributed by atoms with E-state index in [-0.39, 0.29) is 5.92 Å². The van der Waals surface area contributed by atoms with E-state index in [0.717, 1.165) is 10.0 Å². The zero-order valence-corrected chi connectivity index (χ0v) is 9.80. The third-order valence-corrected chi connectivity index (χ3v) is 3.08. The van der Waals surface area contributed by atoms with Crippen molar-refractivity contribution in [1.82, 2.24) is 0 Å². The second-order valence-electron chi connectivity index (χ2n) is 3.81. The van der Waals surface area contributed by atoms with Crippen molar-refractivity contribution < 1.29 is 5.11 Å². The predicted molar refractivity (Wildman–Crippen MR) is 58.6 cm³/mol. The second kappa shape index (κ2) is 3.81. The number of hydrogen-bond acceptors (Lipinski definition) is 1. The Morgan fingerprint density at radius 1 is 1.23 bits per heavy atom. The van der Waals surface area contributed by atoms with Gasteiger partial charge in [0.25, 0.3) is 0 Å². The fourth-order valence-electron chi connectivity index (χ4n) is 1.12. The van der Waals surface area contributed by atoms with Crippen molar-refractivity contribution in [2.75, 3.05) is 0 Å². The molecule has 0 aliphatic heterocycles. The molecule has 1 atom stereocenters. The summed E-state index contributed by atoms with van der Waals surface area (Å²) in [7, 11) is 0. The van der Waals surface area contributed by atoms with Gasteiger partial charge in [0.15, 0.2) is 0 Å². The van der Waals surface area contributed by atoms with Crippen molar-refractivity contribution in [3.05, 3.63) is 34.3 Å². The molecular weight excluding hydrogens is 228 g/mol. The molecule has 0 spiro atoms. The largest absolute Gasteiger partial charge is 0.385 e. The molecule has 0 aliphatic rings. The first-order chi connectivity index (χ1) is 5.94. The van der Waals surface area contributed by atoms with E-state index in [9.17, 15) is 5.11 Å². The fourth-order valence-corrected chi connectivity index (χ4v) is 1.38. The van der Waals surface area contributed by atoms with E-state index in [1.165, 1.54) is 0 Å². The number of hydrogen-bond donors (Lipinski definition) is 1.